The molecule has 2 aromatic carbocycles. The molecule has 0 radical (unpaired) electrons. The fraction of sp³-hybridized carbons (Fsp3) is 0.333. The Morgan fingerprint density at radius 1 is 1.06 bits per heavy atom. The third kappa shape index (κ3) is 10.6. The largest absolute Gasteiger partial charge is 0.484 e. The molecule has 36 heavy (non-hydrogen) atoms. The monoisotopic (exact) mass is 508 g/mol. The van der Waals surface area contributed by atoms with Gasteiger partial charge in [-0.15, -0.1) is 0 Å². The maximum atomic E-state index is 12.8. The van der Waals surface area contributed by atoms with Crippen molar-refractivity contribution in [3.05, 3.63) is 59.7 Å². The highest BCUT2D eigenvalue weighted by molar-refractivity contribution is 6.35. The lowest BCUT2D eigenvalue weighted by molar-refractivity contribution is -0.139. The Morgan fingerprint density at radius 3 is 2.44 bits per heavy atom. The van der Waals surface area contributed by atoms with E-state index < -0.39 is 36.1 Å². The highest BCUT2D eigenvalue weighted by Gasteiger charge is 2.30. The van der Waals surface area contributed by atoms with Gasteiger partial charge in [-0.05, 0) is 68.3 Å². The Labute approximate surface area is 206 Å². The number of benzene rings is 2. The number of hydrogen-bond acceptors (Lipinski definition) is 6. The summed E-state index contributed by atoms with van der Waals surface area (Å²) in [5.74, 6) is -2.03. The van der Waals surface area contributed by atoms with Crippen LogP contribution in [-0.2, 0) is 25.3 Å². The molecule has 0 saturated heterocycles. The van der Waals surface area contributed by atoms with Crippen molar-refractivity contribution < 1.29 is 37.0 Å². The van der Waals surface area contributed by atoms with Gasteiger partial charge in [0, 0.05) is 18.8 Å². The zero-order valence-corrected chi connectivity index (χ0v) is 19.7. The minimum atomic E-state index is -4.51. The van der Waals surface area contributed by atoms with E-state index >= 15 is 0 Å². The maximum Gasteiger partial charge on any atom is 0.416 e. The zero-order valence-electron chi connectivity index (χ0n) is 19.7. The first kappa shape index (κ1) is 28.3. The van der Waals surface area contributed by atoms with Crippen molar-refractivity contribution in [2.75, 3.05) is 25.1 Å². The first-order chi connectivity index (χ1) is 17.0. The van der Waals surface area contributed by atoms with E-state index in [9.17, 15) is 27.6 Å². The van der Waals surface area contributed by atoms with Gasteiger partial charge >= 0.3 is 18.0 Å². The number of alkyl halides is 3. The molecule has 0 aliphatic rings. The molecule has 2 aromatic rings. The second-order valence-corrected chi connectivity index (χ2v) is 7.71. The molecular formula is C24H27F3N4O5. The summed E-state index contributed by atoms with van der Waals surface area (Å²) in [6.45, 7) is 4.15. The summed E-state index contributed by atoms with van der Waals surface area (Å²) in [6, 6.07) is 10.5. The first-order valence-electron chi connectivity index (χ1n) is 11.0. The Kier molecular flexibility index (Phi) is 10.9. The highest BCUT2D eigenvalue weighted by atomic mass is 19.4. The van der Waals surface area contributed by atoms with Crippen LogP contribution in [0.25, 0.3) is 0 Å². The number of carbonyl (C=O) groups excluding carboxylic acids is 3. The van der Waals surface area contributed by atoms with Crippen molar-refractivity contribution >= 4 is 29.6 Å². The number of hydrogen-bond donors (Lipinski definition) is 3. The quantitative estimate of drug-likeness (QED) is 0.187. The first-order valence-corrected chi connectivity index (χ1v) is 11.0. The van der Waals surface area contributed by atoms with Gasteiger partial charge in [0.1, 0.15) is 5.75 Å². The second-order valence-electron chi connectivity index (χ2n) is 7.71. The number of amides is 3. The van der Waals surface area contributed by atoms with Crippen molar-refractivity contribution in [2.24, 2.45) is 5.10 Å². The molecule has 0 atom stereocenters. The van der Waals surface area contributed by atoms with E-state index in [1.54, 1.807) is 12.1 Å². The van der Waals surface area contributed by atoms with E-state index in [0.717, 1.165) is 12.1 Å². The lowest BCUT2D eigenvalue weighted by Crippen LogP contribution is -2.38. The molecule has 0 heterocycles. The summed E-state index contributed by atoms with van der Waals surface area (Å²) in [7, 11) is 0. The van der Waals surface area contributed by atoms with Crippen molar-refractivity contribution in [3.8, 4) is 5.75 Å². The minimum absolute atomic E-state index is 0.000793. The van der Waals surface area contributed by atoms with Crippen LogP contribution >= 0.6 is 0 Å². The smallest absolute Gasteiger partial charge is 0.416 e. The normalized spacial score (nSPS) is 11.4. The minimum Gasteiger partial charge on any atom is -0.484 e. The Morgan fingerprint density at radius 2 is 1.78 bits per heavy atom. The summed E-state index contributed by atoms with van der Waals surface area (Å²) in [5.41, 5.74) is 1.81. The lowest BCUT2D eigenvalue weighted by atomic mass is 10.2. The number of ether oxygens (including phenoxy) is 2. The molecule has 2 rings (SSSR count). The second kappa shape index (κ2) is 13.8. The van der Waals surface area contributed by atoms with Gasteiger partial charge in [0.15, 0.2) is 6.61 Å². The van der Waals surface area contributed by atoms with Crippen LogP contribution in [0, 0.1) is 0 Å². The Bertz CT molecular complexity index is 1060. The summed E-state index contributed by atoms with van der Waals surface area (Å²) in [6.07, 6.45) is -2.54. The van der Waals surface area contributed by atoms with E-state index in [-0.39, 0.29) is 11.8 Å². The van der Waals surface area contributed by atoms with Gasteiger partial charge in [-0.25, -0.2) is 5.43 Å². The van der Waals surface area contributed by atoms with Crippen molar-refractivity contribution in [1.82, 2.24) is 10.7 Å². The van der Waals surface area contributed by atoms with Crippen LogP contribution in [0.15, 0.2) is 53.6 Å². The van der Waals surface area contributed by atoms with E-state index in [1.165, 1.54) is 30.5 Å². The number of carbonyl (C=O) groups is 3. The average Bonchev–Trinajstić information content (AvgIpc) is 2.82. The van der Waals surface area contributed by atoms with Crippen LogP contribution < -0.4 is 20.8 Å². The summed E-state index contributed by atoms with van der Waals surface area (Å²) < 4.78 is 48.9. The molecule has 3 amide bonds. The number of nitrogens with zero attached hydrogens (tertiary/aromatic N) is 1. The highest BCUT2D eigenvalue weighted by Crippen LogP contribution is 2.30. The van der Waals surface area contributed by atoms with Crippen LogP contribution in [0.3, 0.4) is 0 Å². The molecule has 0 bridgehead atoms. The van der Waals surface area contributed by atoms with Crippen LogP contribution in [0.4, 0.5) is 18.9 Å². The van der Waals surface area contributed by atoms with Gasteiger partial charge in [-0.1, -0.05) is 6.07 Å². The molecule has 0 fully saturated rings. The predicted molar refractivity (Wildman–Crippen MR) is 126 cm³/mol. The molecule has 12 heteroatoms. The Balaban J connectivity index is 1.73. The summed E-state index contributed by atoms with van der Waals surface area (Å²) in [5, 5.41) is 8.51. The summed E-state index contributed by atoms with van der Waals surface area (Å²) in [4.78, 5) is 35.4. The van der Waals surface area contributed by atoms with Gasteiger partial charge in [-0.2, -0.15) is 18.3 Å². The molecular weight excluding hydrogens is 481 g/mol. The van der Waals surface area contributed by atoms with E-state index in [4.69, 9.17) is 9.47 Å². The molecule has 0 spiro atoms. The Hall–Kier alpha value is -3.93. The summed E-state index contributed by atoms with van der Waals surface area (Å²) >= 11 is 0. The number of halogens is 3. The zero-order chi connectivity index (χ0) is 26.6. The molecule has 0 aromatic heterocycles. The topological polar surface area (TPSA) is 118 Å². The van der Waals surface area contributed by atoms with Crippen molar-refractivity contribution in [2.45, 2.75) is 32.5 Å². The van der Waals surface area contributed by atoms with E-state index in [1.807, 2.05) is 13.8 Å². The van der Waals surface area contributed by atoms with Gasteiger partial charge in [0.25, 0.3) is 5.91 Å². The third-order valence-corrected chi connectivity index (χ3v) is 4.37. The van der Waals surface area contributed by atoms with Crippen LogP contribution in [-0.4, -0.2) is 49.8 Å². The van der Waals surface area contributed by atoms with E-state index in [2.05, 4.69) is 21.2 Å². The fourth-order valence-electron chi connectivity index (χ4n) is 2.66. The standard InChI is InChI=1S/C24H27F3N4O5/c1-16(2)35-12-4-11-28-22(33)23(34)31-29-14-17-7-9-20(10-8-17)36-15-21(32)30-19-6-3-5-18(13-19)24(25,26)27/h3,5-10,13-14,16H,4,11-12,15H2,1-2H3,(H,28,33)(H,30,32)(H,31,34)/b29-14-. The predicted octanol–water partition coefficient (Wildman–Crippen LogP) is 3.10. The molecule has 0 aliphatic carbocycles. The number of hydrazone groups is 1. The van der Waals surface area contributed by atoms with E-state index in [0.29, 0.717) is 30.9 Å². The fourth-order valence-corrected chi connectivity index (χ4v) is 2.66. The van der Waals surface area contributed by atoms with Gasteiger partial charge < -0.3 is 20.1 Å². The average molecular weight is 508 g/mol. The molecule has 9 nitrogen and oxygen atoms in total. The van der Waals surface area contributed by atoms with Crippen LogP contribution in [0.5, 0.6) is 5.75 Å². The third-order valence-electron chi connectivity index (χ3n) is 4.37. The number of rotatable bonds is 11. The number of nitrogens with one attached hydrogen (secondary N) is 3. The lowest BCUT2D eigenvalue weighted by Gasteiger charge is -2.10. The molecule has 0 saturated carbocycles. The SMILES string of the molecule is CC(C)OCCCNC(=O)C(=O)N/N=C\c1ccc(OCC(=O)Nc2cccc(C(F)(F)F)c2)cc1. The van der Waals surface area contributed by atoms with Crippen molar-refractivity contribution in [1.29, 1.82) is 0 Å². The molecule has 3 N–H and O–H groups in total. The maximum absolute atomic E-state index is 12.8. The van der Waals surface area contributed by atoms with Gasteiger partial charge in [0.05, 0.1) is 17.9 Å². The molecule has 0 unspecified atom stereocenters. The van der Waals surface area contributed by atoms with Crippen molar-refractivity contribution in [3.63, 3.8) is 0 Å². The van der Waals surface area contributed by atoms with Gasteiger partial charge in [0.2, 0.25) is 0 Å². The van der Waals surface area contributed by atoms with Crippen LogP contribution in [0.2, 0.25) is 0 Å². The number of anilines is 1. The van der Waals surface area contributed by atoms with Crippen LogP contribution in [0.1, 0.15) is 31.4 Å². The molecule has 194 valence electrons. The van der Waals surface area contributed by atoms with Gasteiger partial charge in [-0.3, -0.25) is 14.4 Å². The molecule has 0 aliphatic heterocycles.